The van der Waals surface area contributed by atoms with Crippen LogP contribution in [0.15, 0.2) is 18.5 Å². The number of pyridine rings is 1. The molecule has 2 aromatic rings. The molecule has 0 saturated carbocycles. The molecule has 0 unspecified atom stereocenters. The van der Waals surface area contributed by atoms with Gasteiger partial charge in [0.25, 0.3) is 0 Å². The summed E-state index contributed by atoms with van der Waals surface area (Å²) in [6.07, 6.45) is 3.49. The van der Waals surface area contributed by atoms with Crippen LogP contribution in [-0.4, -0.2) is 28.3 Å². The third-order valence-corrected chi connectivity index (χ3v) is 1.81. The van der Waals surface area contributed by atoms with Crippen molar-refractivity contribution in [1.82, 2.24) is 15.2 Å². The number of nitrogens with two attached hydrogens (primary N) is 1. The molecule has 0 amide bonds. The number of H-pyrrole nitrogens is 1. The lowest BCUT2D eigenvalue weighted by Crippen LogP contribution is -2.13. The van der Waals surface area contributed by atoms with Crippen LogP contribution in [0, 0.1) is 0 Å². The predicted molar refractivity (Wildman–Crippen MR) is 51.4 cm³/mol. The minimum absolute atomic E-state index is 0.593. The number of aromatic amines is 1. The van der Waals surface area contributed by atoms with Gasteiger partial charge in [0, 0.05) is 19.3 Å². The zero-order valence-corrected chi connectivity index (χ0v) is 7.12. The summed E-state index contributed by atoms with van der Waals surface area (Å²) in [7, 11) is 0. The first-order valence-electron chi connectivity index (χ1n) is 4.14. The van der Waals surface area contributed by atoms with Crippen molar-refractivity contribution >= 4 is 16.7 Å². The van der Waals surface area contributed by atoms with Crippen LogP contribution in [-0.2, 0) is 0 Å². The number of anilines is 1. The first-order valence-corrected chi connectivity index (χ1v) is 4.14. The van der Waals surface area contributed by atoms with E-state index in [-0.39, 0.29) is 0 Å². The number of hydrogen-bond donors (Lipinski definition) is 3. The van der Waals surface area contributed by atoms with E-state index in [1.54, 1.807) is 12.4 Å². The van der Waals surface area contributed by atoms with Crippen molar-refractivity contribution in [3.05, 3.63) is 18.5 Å². The normalized spacial score (nSPS) is 10.5. The summed E-state index contributed by atoms with van der Waals surface area (Å²) in [6.45, 7) is 1.31. The molecule has 0 aliphatic carbocycles. The fourth-order valence-corrected chi connectivity index (χ4v) is 1.20. The van der Waals surface area contributed by atoms with Crippen LogP contribution >= 0.6 is 0 Å². The van der Waals surface area contributed by atoms with Gasteiger partial charge in [0.1, 0.15) is 5.82 Å². The van der Waals surface area contributed by atoms with Gasteiger partial charge in [0.05, 0.1) is 17.1 Å². The molecule has 68 valence electrons. The van der Waals surface area contributed by atoms with Crippen molar-refractivity contribution in [1.29, 1.82) is 0 Å². The zero-order valence-electron chi connectivity index (χ0n) is 7.12. The number of fused-ring (bicyclic) bond motifs is 1. The fraction of sp³-hybridized carbons (Fsp3) is 0.250. The Hall–Kier alpha value is -1.62. The highest BCUT2D eigenvalue weighted by Crippen LogP contribution is 2.17. The van der Waals surface area contributed by atoms with E-state index in [1.165, 1.54) is 0 Å². The van der Waals surface area contributed by atoms with Gasteiger partial charge in [-0.1, -0.05) is 0 Å². The van der Waals surface area contributed by atoms with Gasteiger partial charge >= 0.3 is 0 Å². The standard InChI is InChI=1S/C8H11N5/c9-2-4-11-8-6-5-12-13-7(6)1-3-10-8/h1,3,5H,2,4,9H2,(H,10,11)(H,12,13). The van der Waals surface area contributed by atoms with Crippen molar-refractivity contribution < 1.29 is 0 Å². The molecule has 0 aliphatic rings. The molecule has 0 spiro atoms. The van der Waals surface area contributed by atoms with Gasteiger partial charge in [-0.25, -0.2) is 4.98 Å². The maximum Gasteiger partial charge on any atom is 0.137 e. The molecular formula is C8H11N5. The molecule has 0 fully saturated rings. The first-order chi connectivity index (χ1) is 6.42. The largest absolute Gasteiger partial charge is 0.368 e. The molecule has 0 bridgehead atoms. The van der Waals surface area contributed by atoms with Gasteiger partial charge in [0.15, 0.2) is 0 Å². The van der Waals surface area contributed by atoms with E-state index in [4.69, 9.17) is 5.73 Å². The lowest BCUT2D eigenvalue weighted by Gasteiger charge is -2.03. The van der Waals surface area contributed by atoms with Crippen LogP contribution in [0.3, 0.4) is 0 Å². The maximum absolute atomic E-state index is 5.38. The van der Waals surface area contributed by atoms with Crippen molar-refractivity contribution in [3.63, 3.8) is 0 Å². The fourth-order valence-electron chi connectivity index (χ4n) is 1.20. The Morgan fingerprint density at radius 2 is 2.46 bits per heavy atom. The summed E-state index contributed by atoms with van der Waals surface area (Å²) in [6, 6.07) is 1.88. The first kappa shape index (κ1) is 8.00. The summed E-state index contributed by atoms with van der Waals surface area (Å²) in [5.41, 5.74) is 6.36. The average Bonchev–Trinajstić information content (AvgIpc) is 2.62. The molecule has 2 rings (SSSR count). The maximum atomic E-state index is 5.38. The van der Waals surface area contributed by atoms with Crippen LogP contribution in [0.5, 0.6) is 0 Å². The zero-order chi connectivity index (χ0) is 9.10. The smallest absolute Gasteiger partial charge is 0.137 e. The number of rotatable bonds is 3. The Morgan fingerprint density at radius 3 is 3.31 bits per heavy atom. The number of hydrogen-bond acceptors (Lipinski definition) is 4. The summed E-state index contributed by atoms with van der Waals surface area (Å²) >= 11 is 0. The van der Waals surface area contributed by atoms with Gasteiger partial charge < -0.3 is 11.1 Å². The minimum atomic E-state index is 0.593. The topological polar surface area (TPSA) is 79.6 Å². The molecule has 0 aliphatic heterocycles. The molecule has 13 heavy (non-hydrogen) atoms. The molecule has 0 saturated heterocycles. The average molecular weight is 177 g/mol. The van der Waals surface area contributed by atoms with E-state index in [0.29, 0.717) is 6.54 Å². The lowest BCUT2D eigenvalue weighted by molar-refractivity contribution is 1.02. The monoisotopic (exact) mass is 177 g/mol. The number of nitrogens with one attached hydrogen (secondary N) is 2. The summed E-state index contributed by atoms with van der Waals surface area (Å²) in [5, 5.41) is 10.9. The van der Waals surface area contributed by atoms with E-state index >= 15 is 0 Å². The highest BCUT2D eigenvalue weighted by molar-refractivity contribution is 5.88. The van der Waals surface area contributed by atoms with Gasteiger partial charge in [-0.15, -0.1) is 0 Å². The van der Waals surface area contributed by atoms with Crippen molar-refractivity contribution in [2.45, 2.75) is 0 Å². The molecule has 0 aromatic carbocycles. The van der Waals surface area contributed by atoms with Crippen LogP contribution in [0.4, 0.5) is 5.82 Å². The quantitative estimate of drug-likeness (QED) is 0.631. The highest BCUT2D eigenvalue weighted by Gasteiger charge is 2.01. The molecular weight excluding hydrogens is 166 g/mol. The van der Waals surface area contributed by atoms with Crippen LogP contribution < -0.4 is 11.1 Å². The van der Waals surface area contributed by atoms with Crippen LogP contribution in [0.1, 0.15) is 0 Å². The summed E-state index contributed by atoms with van der Waals surface area (Å²) < 4.78 is 0. The SMILES string of the molecule is NCCNc1nccc2[nH]ncc12. The second-order valence-electron chi connectivity index (χ2n) is 2.71. The molecule has 2 heterocycles. The lowest BCUT2D eigenvalue weighted by atomic mass is 10.3. The highest BCUT2D eigenvalue weighted by atomic mass is 15.1. The van der Waals surface area contributed by atoms with E-state index in [9.17, 15) is 0 Å². The molecule has 2 aromatic heterocycles. The molecule has 5 heteroatoms. The Kier molecular flexibility index (Phi) is 2.09. The second kappa shape index (κ2) is 3.40. The van der Waals surface area contributed by atoms with E-state index in [2.05, 4.69) is 20.5 Å². The van der Waals surface area contributed by atoms with Crippen molar-refractivity contribution in [2.75, 3.05) is 18.4 Å². The third kappa shape index (κ3) is 1.46. The van der Waals surface area contributed by atoms with Crippen LogP contribution in [0.25, 0.3) is 10.9 Å². The van der Waals surface area contributed by atoms with E-state index in [0.717, 1.165) is 23.3 Å². The third-order valence-electron chi connectivity index (χ3n) is 1.81. The molecule has 0 atom stereocenters. The summed E-state index contributed by atoms with van der Waals surface area (Å²) in [5.74, 6) is 0.830. The minimum Gasteiger partial charge on any atom is -0.368 e. The Bertz CT molecular complexity index is 394. The number of aromatic nitrogens is 3. The van der Waals surface area contributed by atoms with Crippen molar-refractivity contribution in [3.8, 4) is 0 Å². The Morgan fingerprint density at radius 1 is 1.54 bits per heavy atom. The van der Waals surface area contributed by atoms with E-state index < -0.39 is 0 Å². The second-order valence-corrected chi connectivity index (χ2v) is 2.71. The van der Waals surface area contributed by atoms with Gasteiger partial charge in [-0.3, -0.25) is 5.10 Å². The van der Waals surface area contributed by atoms with Gasteiger partial charge in [-0.2, -0.15) is 5.10 Å². The van der Waals surface area contributed by atoms with Gasteiger partial charge in [-0.05, 0) is 6.07 Å². The molecule has 0 radical (unpaired) electrons. The molecule has 4 N–H and O–H groups in total. The van der Waals surface area contributed by atoms with E-state index in [1.807, 2.05) is 6.07 Å². The number of nitrogens with zero attached hydrogens (tertiary/aromatic N) is 2. The van der Waals surface area contributed by atoms with Crippen LogP contribution in [0.2, 0.25) is 0 Å². The predicted octanol–water partition coefficient (Wildman–Crippen LogP) is 0.328. The summed E-state index contributed by atoms with van der Waals surface area (Å²) in [4.78, 5) is 4.19. The van der Waals surface area contributed by atoms with Crippen molar-refractivity contribution in [2.24, 2.45) is 5.73 Å². The Balaban J connectivity index is 2.37. The molecule has 5 nitrogen and oxygen atoms in total. The van der Waals surface area contributed by atoms with Gasteiger partial charge in [0.2, 0.25) is 0 Å². The Labute approximate surface area is 75.3 Å².